The van der Waals surface area contributed by atoms with Crippen molar-refractivity contribution >= 4 is 46.7 Å². The number of amides is 2. The third-order valence-corrected chi connectivity index (χ3v) is 9.61. The molecule has 0 radical (unpaired) electrons. The van der Waals surface area contributed by atoms with Crippen LogP contribution in [0.5, 0.6) is 0 Å². The molecule has 2 heterocycles. The first kappa shape index (κ1) is 36.3. The van der Waals surface area contributed by atoms with Gasteiger partial charge in [-0.25, -0.2) is 9.97 Å². The standard InChI is InChI=1S/C39H46Cl2N6O2/c1-28(2)24-37(48)47-20-11-19-44(3)22-23-46(27-30-14-8-9-17-36(30)47)38(49)32-26-42-39(45(4)21-18-29-12-6-5-7-13-29)43-35(32)25-31-33(40)15-10-16-34(31)41/h5-10,12-17,26,28H,11,18-25,27H2,1-4H3. The van der Waals surface area contributed by atoms with Gasteiger partial charge in [0.15, 0.2) is 0 Å². The summed E-state index contributed by atoms with van der Waals surface area (Å²) in [5, 5.41) is 1.03. The second kappa shape index (κ2) is 17.1. The Bertz CT molecular complexity index is 1710. The average molecular weight is 702 g/mol. The predicted molar refractivity (Wildman–Crippen MR) is 200 cm³/mol. The molecule has 1 aliphatic heterocycles. The highest BCUT2D eigenvalue weighted by molar-refractivity contribution is 6.36. The highest BCUT2D eigenvalue weighted by Crippen LogP contribution is 2.30. The minimum absolute atomic E-state index is 0.0986. The molecule has 0 bridgehead atoms. The summed E-state index contributed by atoms with van der Waals surface area (Å²) in [5.41, 5.74) is 4.66. The number of rotatable bonds is 9. The number of benzene rings is 3. The van der Waals surface area contributed by atoms with Crippen molar-refractivity contribution in [2.24, 2.45) is 5.92 Å². The Labute approximate surface area is 300 Å². The van der Waals surface area contributed by atoms with Crippen molar-refractivity contribution in [3.05, 3.63) is 117 Å². The largest absolute Gasteiger partial charge is 0.344 e. The van der Waals surface area contributed by atoms with E-state index < -0.39 is 0 Å². The zero-order chi connectivity index (χ0) is 34.9. The van der Waals surface area contributed by atoms with Gasteiger partial charge in [-0.2, -0.15) is 0 Å². The highest BCUT2D eigenvalue weighted by Gasteiger charge is 2.27. The fourth-order valence-corrected chi connectivity index (χ4v) is 6.62. The van der Waals surface area contributed by atoms with E-state index in [1.165, 1.54) is 5.56 Å². The molecule has 0 unspecified atom stereocenters. The van der Waals surface area contributed by atoms with E-state index in [1.54, 1.807) is 24.4 Å². The molecule has 0 atom stereocenters. The third kappa shape index (κ3) is 9.59. The molecule has 1 aromatic heterocycles. The van der Waals surface area contributed by atoms with Crippen LogP contribution in [0.4, 0.5) is 11.6 Å². The number of hydrogen-bond donors (Lipinski definition) is 0. The van der Waals surface area contributed by atoms with Crippen molar-refractivity contribution in [3.8, 4) is 0 Å². The lowest BCUT2D eigenvalue weighted by Crippen LogP contribution is -2.38. The van der Waals surface area contributed by atoms with Gasteiger partial charge in [0.1, 0.15) is 0 Å². The van der Waals surface area contributed by atoms with E-state index in [0.29, 0.717) is 72.0 Å². The number of para-hydroxylation sites is 1. The second-order valence-corrected chi connectivity index (χ2v) is 14.0. The number of anilines is 2. The van der Waals surface area contributed by atoms with E-state index in [1.807, 2.05) is 64.2 Å². The Balaban J connectivity index is 1.51. The maximum absolute atomic E-state index is 14.7. The van der Waals surface area contributed by atoms with E-state index in [9.17, 15) is 9.59 Å². The number of likely N-dealkylation sites (N-methyl/N-ethyl adjacent to an activating group) is 2. The molecule has 0 fully saturated rings. The summed E-state index contributed by atoms with van der Waals surface area (Å²) in [6, 6.07) is 23.6. The molecule has 10 heteroatoms. The van der Waals surface area contributed by atoms with Crippen molar-refractivity contribution in [1.29, 1.82) is 0 Å². The molecule has 4 aromatic rings. The summed E-state index contributed by atoms with van der Waals surface area (Å²) in [4.78, 5) is 45.8. The lowest BCUT2D eigenvalue weighted by molar-refractivity contribution is -0.119. The van der Waals surface area contributed by atoms with Crippen LogP contribution in [0.15, 0.2) is 79.0 Å². The summed E-state index contributed by atoms with van der Waals surface area (Å²) >= 11 is 13.3. The van der Waals surface area contributed by atoms with Gasteiger partial charge in [-0.05, 0) is 67.2 Å². The molecular formula is C39H46Cl2N6O2. The summed E-state index contributed by atoms with van der Waals surface area (Å²) in [7, 11) is 4.01. The van der Waals surface area contributed by atoms with Gasteiger partial charge < -0.3 is 19.6 Å². The molecule has 258 valence electrons. The summed E-state index contributed by atoms with van der Waals surface area (Å²) < 4.78 is 0. The number of hydrogen-bond acceptors (Lipinski definition) is 6. The van der Waals surface area contributed by atoms with Crippen molar-refractivity contribution in [2.75, 3.05) is 56.6 Å². The number of nitrogens with zero attached hydrogens (tertiary/aromatic N) is 6. The van der Waals surface area contributed by atoms with Crippen molar-refractivity contribution in [1.82, 2.24) is 19.8 Å². The topological polar surface area (TPSA) is 72.9 Å². The van der Waals surface area contributed by atoms with Crippen LogP contribution in [0.3, 0.4) is 0 Å². The van der Waals surface area contributed by atoms with Gasteiger partial charge >= 0.3 is 0 Å². The molecule has 0 saturated carbocycles. The molecule has 0 saturated heterocycles. The maximum Gasteiger partial charge on any atom is 0.257 e. The number of aromatic nitrogens is 2. The molecule has 49 heavy (non-hydrogen) atoms. The summed E-state index contributed by atoms with van der Waals surface area (Å²) in [6.45, 7) is 7.76. The molecule has 2 amide bonds. The molecule has 1 aliphatic rings. The van der Waals surface area contributed by atoms with Crippen LogP contribution in [0.1, 0.15) is 59.4 Å². The zero-order valence-electron chi connectivity index (χ0n) is 28.9. The Hall–Kier alpha value is -3.98. The Kier molecular flexibility index (Phi) is 12.7. The molecule has 3 aromatic carbocycles. The molecule has 8 nitrogen and oxygen atoms in total. The second-order valence-electron chi connectivity index (χ2n) is 13.2. The highest BCUT2D eigenvalue weighted by atomic mass is 35.5. The number of halogens is 2. The lowest BCUT2D eigenvalue weighted by atomic mass is 10.0. The van der Waals surface area contributed by atoms with Crippen LogP contribution in [-0.4, -0.2) is 78.4 Å². The van der Waals surface area contributed by atoms with Crippen molar-refractivity contribution in [2.45, 2.75) is 46.1 Å². The van der Waals surface area contributed by atoms with Gasteiger partial charge in [0.2, 0.25) is 11.9 Å². The van der Waals surface area contributed by atoms with Crippen LogP contribution in [-0.2, 0) is 24.2 Å². The monoisotopic (exact) mass is 700 g/mol. The van der Waals surface area contributed by atoms with Gasteiger partial charge in [-0.3, -0.25) is 9.59 Å². The SMILES string of the molecule is CC(C)CC(=O)N1CCCN(C)CCN(C(=O)c2cnc(N(C)CCc3ccccc3)nc2Cc2c(Cl)cccc2Cl)Cc2ccccc21. The molecule has 0 N–H and O–H groups in total. The van der Waals surface area contributed by atoms with E-state index in [2.05, 4.69) is 37.9 Å². The average Bonchev–Trinajstić information content (AvgIpc) is 3.12. The lowest BCUT2D eigenvalue weighted by Gasteiger charge is -2.29. The van der Waals surface area contributed by atoms with Crippen LogP contribution in [0.25, 0.3) is 0 Å². The van der Waals surface area contributed by atoms with Crippen LogP contribution in [0, 0.1) is 5.92 Å². The fraction of sp³-hybridized carbons (Fsp3) is 0.385. The minimum atomic E-state index is -0.181. The molecular weight excluding hydrogens is 655 g/mol. The van der Waals surface area contributed by atoms with Gasteiger partial charge in [-0.1, -0.05) is 91.6 Å². The van der Waals surface area contributed by atoms with E-state index in [4.69, 9.17) is 33.2 Å². The van der Waals surface area contributed by atoms with Crippen molar-refractivity contribution in [3.63, 3.8) is 0 Å². The first-order valence-electron chi connectivity index (χ1n) is 17.0. The minimum Gasteiger partial charge on any atom is -0.344 e. The van der Waals surface area contributed by atoms with Gasteiger partial charge in [0.05, 0.1) is 11.3 Å². The van der Waals surface area contributed by atoms with E-state index in [-0.39, 0.29) is 24.2 Å². The molecule has 0 aliphatic carbocycles. The van der Waals surface area contributed by atoms with E-state index >= 15 is 0 Å². The van der Waals surface area contributed by atoms with Crippen molar-refractivity contribution < 1.29 is 9.59 Å². The first-order chi connectivity index (χ1) is 23.6. The van der Waals surface area contributed by atoms with Gasteiger partial charge in [0.25, 0.3) is 5.91 Å². The molecule has 5 rings (SSSR count). The van der Waals surface area contributed by atoms with Crippen LogP contribution < -0.4 is 9.80 Å². The summed E-state index contributed by atoms with van der Waals surface area (Å²) in [6.07, 6.45) is 4.03. The zero-order valence-corrected chi connectivity index (χ0v) is 30.4. The first-order valence-corrected chi connectivity index (χ1v) is 17.8. The van der Waals surface area contributed by atoms with Gasteiger partial charge in [0, 0.05) is 74.5 Å². The third-order valence-electron chi connectivity index (χ3n) is 8.90. The molecule has 0 spiro atoms. The Morgan fingerprint density at radius 1 is 0.898 bits per heavy atom. The number of carbonyl (C=O) groups is 2. The summed E-state index contributed by atoms with van der Waals surface area (Å²) in [5.74, 6) is 0.678. The fourth-order valence-electron chi connectivity index (χ4n) is 6.09. The van der Waals surface area contributed by atoms with Crippen LogP contribution >= 0.6 is 23.2 Å². The Morgan fingerprint density at radius 2 is 1.61 bits per heavy atom. The van der Waals surface area contributed by atoms with Crippen LogP contribution in [0.2, 0.25) is 10.0 Å². The number of fused-ring (bicyclic) bond motifs is 1. The quantitative estimate of drug-likeness (QED) is 0.181. The predicted octanol–water partition coefficient (Wildman–Crippen LogP) is 7.41. The maximum atomic E-state index is 14.7. The normalized spacial score (nSPS) is 14.3. The van der Waals surface area contributed by atoms with E-state index in [0.717, 1.165) is 30.6 Å². The smallest absolute Gasteiger partial charge is 0.257 e. The Morgan fingerprint density at radius 3 is 2.35 bits per heavy atom. The van der Waals surface area contributed by atoms with Gasteiger partial charge in [-0.15, -0.1) is 0 Å². The number of carbonyl (C=O) groups excluding carboxylic acids is 2.